The quantitative estimate of drug-likeness (QED) is 0.129. The van der Waals surface area contributed by atoms with Gasteiger partial charge in [-0.15, -0.1) is 10.2 Å². The molecule has 0 saturated carbocycles. The van der Waals surface area contributed by atoms with Gasteiger partial charge in [0.05, 0.1) is 74.3 Å². The first-order valence-electron chi connectivity index (χ1n) is 29.5. The summed E-state index contributed by atoms with van der Waals surface area (Å²) in [7, 11) is -2.84. The average molecular weight is 1120 g/mol. The van der Waals surface area contributed by atoms with Crippen molar-refractivity contribution < 1.29 is 46.7 Å². The molecule has 24 bridgehead atoms. The van der Waals surface area contributed by atoms with E-state index in [1.165, 1.54) is 22.3 Å². The minimum atomic E-state index is -0.710. The minimum Gasteiger partial charge on any atom is -0.487 e. The van der Waals surface area contributed by atoms with E-state index < -0.39 is 50.1 Å². The third kappa shape index (κ3) is 7.87. The molecule has 4 aliphatic carbocycles. The first-order chi connectivity index (χ1) is 40.5. The third-order valence-corrected chi connectivity index (χ3v) is 19.9. The molecular formula is C64H62B4N6O10. The molecule has 84 heavy (non-hydrogen) atoms. The SMILES string of the molecule is CC1(C)c2cc3c4cc2C2OB(OC21)c1cc(OCc2cn(Cc5ccccc5)nn2)cc(c1)B1OC2c5cc6c(cc5C(C)(C)C2O1)C1OB(OC1C6(C)C)c1cc(OCc2cn(Cc5ccccc5)nn2)cc(c1)B1OC3C(O1)C4(C)C. The molecule has 20 heteroatoms. The fourth-order valence-corrected chi connectivity index (χ4v) is 15.4. The molecule has 29 rings (SSSR count). The Balaban J connectivity index is 0.747. The molecule has 16 nitrogen and oxygen atoms in total. The van der Waals surface area contributed by atoms with E-state index in [1.807, 2.05) is 82.4 Å². The standard InChI is InChI=1S/C64H62B4N6O10/c1-61(2)49-25-46-50-26-45(49)53-57(61)81-65(77-53)37-19-38(22-43(21-37)75-33-41-31-73(71-69-41)29-35-15-11-9-12-16-35)67-79-55-47-27-52-48(28-51(47)63(5,6)59(55)83-67)56-60(64(52,7)8)84-68(80-56)40-20-39(66-78-54(46)58(82-66)62(50,3)4)23-44(24-40)76-34-42-32-74(72-70-42)30-36-17-13-10-14-18-36/h9-28,31-32,53-60H,29-30,33-34H2,1-8H3. The van der Waals surface area contributed by atoms with Crippen molar-refractivity contribution >= 4 is 50.3 Å². The van der Waals surface area contributed by atoms with Gasteiger partial charge in [-0.1, -0.05) is 163 Å². The summed E-state index contributed by atoms with van der Waals surface area (Å²) >= 11 is 0. The summed E-state index contributed by atoms with van der Waals surface area (Å²) in [5, 5.41) is 17.8. The lowest BCUT2D eigenvalue weighted by Crippen LogP contribution is -2.42. The second-order valence-corrected chi connectivity index (χ2v) is 26.8. The lowest BCUT2D eigenvalue weighted by molar-refractivity contribution is 0.113. The van der Waals surface area contributed by atoms with Crippen LogP contribution in [0.3, 0.4) is 0 Å². The van der Waals surface area contributed by atoms with Crippen molar-refractivity contribution in [1.29, 1.82) is 0 Å². The van der Waals surface area contributed by atoms with Crippen molar-refractivity contribution in [2.45, 2.75) is 152 Å². The Labute approximate surface area is 489 Å². The first kappa shape index (κ1) is 51.6. The van der Waals surface area contributed by atoms with Crippen molar-refractivity contribution in [1.82, 2.24) is 30.0 Å². The normalized spacial score (nSPS) is 26.7. The van der Waals surface area contributed by atoms with Crippen LogP contribution in [0.1, 0.15) is 147 Å². The van der Waals surface area contributed by atoms with Crippen LogP contribution in [-0.4, -0.2) is 82.9 Å². The lowest BCUT2D eigenvalue weighted by Gasteiger charge is -2.29. The smallest absolute Gasteiger partial charge is 0.487 e. The molecule has 2 aromatic heterocycles. The van der Waals surface area contributed by atoms with Gasteiger partial charge in [-0.2, -0.15) is 0 Å². The van der Waals surface area contributed by atoms with Crippen LogP contribution in [0.15, 0.2) is 134 Å². The Bertz CT molecular complexity index is 3570. The molecule has 0 radical (unpaired) electrons. The van der Waals surface area contributed by atoms with Crippen molar-refractivity contribution in [3.63, 3.8) is 0 Å². The van der Waals surface area contributed by atoms with E-state index in [-0.39, 0.29) is 62.0 Å². The van der Waals surface area contributed by atoms with Crippen LogP contribution in [0.4, 0.5) is 0 Å². The van der Waals surface area contributed by atoms with Gasteiger partial charge in [-0.3, -0.25) is 0 Å². The highest BCUT2D eigenvalue weighted by molar-refractivity contribution is 6.66. The summed E-state index contributed by atoms with van der Waals surface area (Å²) in [5.74, 6) is 1.23. The van der Waals surface area contributed by atoms with Crippen LogP contribution in [0.2, 0.25) is 0 Å². The summed E-state index contributed by atoms with van der Waals surface area (Å²) in [4.78, 5) is 0. The summed E-state index contributed by atoms with van der Waals surface area (Å²) in [6, 6.07) is 42.1. The Hall–Kier alpha value is -6.86. The Kier molecular flexibility index (Phi) is 11.2. The molecule has 8 atom stereocenters. The molecule has 0 spiro atoms. The van der Waals surface area contributed by atoms with Crippen LogP contribution < -0.4 is 31.3 Å². The lowest BCUT2D eigenvalue weighted by atomic mass is 9.71. The molecule has 4 saturated heterocycles. The van der Waals surface area contributed by atoms with Crippen molar-refractivity contribution in [3.8, 4) is 11.5 Å². The second kappa shape index (κ2) is 18.3. The molecule has 420 valence electrons. The van der Waals surface area contributed by atoms with Gasteiger partial charge in [0.2, 0.25) is 0 Å². The fraction of sp³-hybridized carbons (Fsp3) is 0.375. The predicted octanol–water partition coefficient (Wildman–Crippen LogP) is 7.01. The van der Waals surface area contributed by atoms with E-state index in [0.717, 1.165) is 55.2 Å². The highest BCUT2D eigenvalue weighted by atomic mass is 16.7. The van der Waals surface area contributed by atoms with E-state index in [2.05, 4.69) is 137 Å². The maximum atomic E-state index is 7.18. The molecule has 19 heterocycles. The Morgan fingerprint density at radius 1 is 0.393 bits per heavy atom. The van der Waals surface area contributed by atoms with Crippen molar-refractivity contribution in [2.24, 2.45) is 0 Å². The number of ether oxygens (including phenoxy) is 2. The highest BCUT2D eigenvalue weighted by Crippen LogP contribution is 2.60. The number of rotatable bonds is 10. The second-order valence-electron chi connectivity index (χ2n) is 26.8. The zero-order valence-electron chi connectivity index (χ0n) is 48.2. The number of aromatic nitrogens is 6. The minimum absolute atomic E-state index is 0.199. The summed E-state index contributed by atoms with van der Waals surface area (Å²) in [5.41, 5.74) is 14.4. The van der Waals surface area contributed by atoms with Gasteiger partial charge in [-0.25, -0.2) is 9.36 Å². The maximum Gasteiger partial charge on any atom is 0.494 e. The van der Waals surface area contributed by atoms with Crippen LogP contribution in [0.25, 0.3) is 0 Å². The summed E-state index contributed by atoms with van der Waals surface area (Å²) in [6.07, 6.45) is 1.35. The molecule has 0 N–H and O–H groups in total. The molecule has 17 aliphatic heterocycles. The van der Waals surface area contributed by atoms with Gasteiger partial charge in [0, 0.05) is 21.7 Å². The van der Waals surface area contributed by atoms with Crippen LogP contribution in [-0.2, 0) is 85.2 Å². The maximum absolute atomic E-state index is 7.18. The number of hydrogen-bond donors (Lipinski definition) is 0. The first-order valence-corrected chi connectivity index (χ1v) is 29.5. The molecular weight excluding hydrogens is 1060 g/mol. The van der Waals surface area contributed by atoms with Gasteiger partial charge in [0.15, 0.2) is 0 Å². The van der Waals surface area contributed by atoms with Gasteiger partial charge in [0.25, 0.3) is 0 Å². The number of benzene rings is 6. The highest BCUT2D eigenvalue weighted by Gasteiger charge is 2.62. The van der Waals surface area contributed by atoms with Crippen LogP contribution in [0, 0.1) is 0 Å². The topological polar surface area (TPSA) is 154 Å². The van der Waals surface area contributed by atoms with Crippen molar-refractivity contribution in [3.05, 3.63) is 201 Å². The third-order valence-electron chi connectivity index (χ3n) is 19.9. The zero-order valence-corrected chi connectivity index (χ0v) is 48.2. The molecule has 6 aromatic carbocycles. The zero-order chi connectivity index (χ0) is 56.8. The molecule has 0 amide bonds. The Morgan fingerprint density at radius 3 is 0.988 bits per heavy atom. The van der Waals surface area contributed by atoms with Gasteiger partial charge in [0.1, 0.15) is 36.1 Å². The monoisotopic (exact) mass is 1120 g/mol. The average Bonchev–Trinajstić information content (AvgIpc) is 2.20. The predicted molar refractivity (Wildman–Crippen MR) is 314 cm³/mol. The van der Waals surface area contributed by atoms with E-state index in [0.29, 0.717) is 36.0 Å². The molecule has 8 aromatic rings. The van der Waals surface area contributed by atoms with Crippen LogP contribution >= 0.6 is 0 Å². The van der Waals surface area contributed by atoms with Crippen molar-refractivity contribution in [2.75, 3.05) is 0 Å². The molecule has 4 fully saturated rings. The van der Waals surface area contributed by atoms with Crippen LogP contribution in [0.5, 0.6) is 11.5 Å². The Morgan fingerprint density at radius 2 is 0.690 bits per heavy atom. The van der Waals surface area contributed by atoms with E-state index in [4.69, 9.17) is 46.7 Å². The van der Waals surface area contributed by atoms with Gasteiger partial charge >= 0.3 is 28.5 Å². The summed E-state index contributed by atoms with van der Waals surface area (Å²) < 4.78 is 74.3. The number of nitrogens with zero attached hydrogens (tertiary/aromatic N) is 6. The number of hydrogen-bond acceptors (Lipinski definition) is 14. The van der Waals surface area contributed by atoms with E-state index >= 15 is 0 Å². The van der Waals surface area contributed by atoms with E-state index in [1.54, 1.807) is 0 Å². The van der Waals surface area contributed by atoms with E-state index in [9.17, 15) is 0 Å². The fourth-order valence-electron chi connectivity index (χ4n) is 15.4. The summed E-state index contributed by atoms with van der Waals surface area (Å²) in [6.45, 7) is 19.7. The van der Waals surface area contributed by atoms with Gasteiger partial charge in [-0.05, 0) is 102 Å². The van der Waals surface area contributed by atoms with Gasteiger partial charge < -0.3 is 46.7 Å². The molecule has 21 aliphatic rings. The largest absolute Gasteiger partial charge is 0.494 e. The molecule has 8 unspecified atom stereocenters.